The van der Waals surface area contributed by atoms with Crippen molar-refractivity contribution in [3.8, 4) is 0 Å². The minimum atomic E-state index is -0.802. The number of piperidine rings is 1. The summed E-state index contributed by atoms with van der Waals surface area (Å²) in [5.74, 6) is -1.05. The summed E-state index contributed by atoms with van der Waals surface area (Å²) in [6.07, 6.45) is 6.47. The van der Waals surface area contributed by atoms with E-state index < -0.39 is 11.9 Å². The number of rotatable bonds is 4. The zero-order valence-corrected chi connectivity index (χ0v) is 17.7. The number of morpholine rings is 1. The van der Waals surface area contributed by atoms with E-state index in [1.54, 1.807) is 4.90 Å². The summed E-state index contributed by atoms with van der Waals surface area (Å²) in [7, 11) is 0. The first-order valence-electron chi connectivity index (χ1n) is 10.9. The van der Waals surface area contributed by atoms with E-state index in [-0.39, 0.29) is 23.1 Å². The maximum atomic E-state index is 12.9. The van der Waals surface area contributed by atoms with Gasteiger partial charge in [0, 0.05) is 38.3 Å². The minimum absolute atomic E-state index is 0.0113. The van der Waals surface area contributed by atoms with E-state index in [4.69, 9.17) is 4.74 Å². The van der Waals surface area contributed by atoms with Gasteiger partial charge in [0.1, 0.15) is 0 Å². The Balaban J connectivity index is 1.65. The van der Waals surface area contributed by atoms with Gasteiger partial charge in [0.2, 0.25) is 0 Å². The molecule has 0 aromatic heterocycles. The van der Waals surface area contributed by atoms with Gasteiger partial charge in [-0.1, -0.05) is 26.2 Å². The molecule has 0 aromatic carbocycles. The Kier molecular flexibility index (Phi) is 6.54. The summed E-state index contributed by atoms with van der Waals surface area (Å²) in [5.41, 5.74) is -0.174. The zero-order chi connectivity index (χ0) is 20.4. The van der Waals surface area contributed by atoms with Gasteiger partial charge in [-0.15, -0.1) is 0 Å². The third-order valence-electron chi connectivity index (χ3n) is 6.75. The maximum absolute atomic E-state index is 12.9. The lowest BCUT2D eigenvalue weighted by Gasteiger charge is -2.51. The molecule has 3 rings (SSSR count). The van der Waals surface area contributed by atoms with Gasteiger partial charge >= 0.3 is 12.0 Å². The Bertz CT molecular complexity index is 574. The molecule has 7 nitrogen and oxygen atoms in total. The molecule has 2 unspecified atom stereocenters. The van der Waals surface area contributed by atoms with Crippen LogP contribution in [0.25, 0.3) is 0 Å². The smallest absolute Gasteiger partial charge is 0.317 e. The van der Waals surface area contributed by atoms with Gasteiger partial charge in [-0.2, -0.15) is 0 Å². The van der Waals surface area contributed by atoms with Gasteiger partial charge in [-0.25, -0.2) is 4.79 Å². The molecule has 160 valence electrons. The molecule has 2 saturated heterocycles. The number of ether oxygens (including phenoxy) is 1. The van der Waals surface area contributed by atoms with Crippen LogP contribution >= 0.6 is 0 Å². The van der Waals surface area contributed by atoms with Crippen molar-refractivity contribution in [3.63, 3.8) is 0 Å². The maximum Gasteiger partial charge on any atom is 0.317 e. The molecule has 0 aromatic rings. The Hall–Kier alpha value is -1.34. The van der Waals surface area contributed by atoms with Gasteiger partial charge in [0.25, 0.3) is 0 Å². The molecule has 2 aliphatic heterocycles. The van der Waals surface area contributed by atoms with Crippen molar-refractivity contribution in [2.24, 2.45) is 11.8 Å². The van der Waals surface area contributed by atoms with E-state index in [1.165, 1.54) is 19.3 Å². The van der Waals surface area contributed by atoms with Crippen molar-refractivity contribution in [1.29, 1.82) is 0 Å². The molecule has 7 heteroatoms. The van der Waals surface area contributed by atoms with E-state index in [2.05, 4.69) is 24.1 Å². The summed E-state index contributed by atoms with van der Waals surface area (Å²) >= 11 is 0. The number of carboxylic acids is 1. The normalized spacial score (nSPS) is 30.6. The third-order valence-corrected chi connectivity index (χ3v) is 6.75. The fourth-order valence-electron chi connectivity index (χ4n) is 5.28. The number of nitrogens with one attached hydrogen (secondary N) is 1. The number of carboxylic acid groups (broad SMARTS) is 1. The predicted octanol–water partition coefficient (Wildman–Crippen LogP) is 2.55. The van der Waals surface area contributed by atoms with Crippen LogP contribution in [0.2, 0.25) is 0 Å². The highest BCUT2D eigenvalue weighted by Crippen LogP contribution is 2.36. The molecule has 0 radical (unpaired) electrons. The Morgan fingerprint density at radius 1 is 1.18 bits per heavy atom. The van der Waals surface area contributed by atoms with Crippen LogP contribution in [0.4, 0.5) is 4.79 Å². The van der Waals surface area contributed by atoms with Crippen LogP contribution in [0, 0.1) is 11.8 Å². The van der Waals surface area contributed by atoms with Gasteiger partial charge in [0.05, 0.1) is 18.1 Å². The van der Waals surface area contributed by atoms with Gasteiger partial charge in [0.15, 0.2) is 0 Å². The van der Waals surface area contributed by atoms with Crippen molar-refractivity contribution in [2.75, 3.05) is 39.3 Å². The summed E-state index contributed by atoms with van der Waals surface area (Å²) in [6, 6.07) is -0.115. The number of nitrogens with zero attached hydrogens (tertiary/aromatic N) is 2. The van der Waals surface area contributed by atoms with Gasteiger partial charge in [-0.3, -0.25) is 9.69 Å². The van der Waals surface area contributed by atoms with Crippen LogP contribution in [-0.4, -0.2) is 77.4 Å². The summed E-state index contributed by atoms with van der Waals surface area (Å²) in [5, 5.41) is 12.6. The van der Waals surface area contributed by atoms with Crippen molar-refractivity contribution in [1.82, 2.24) is 15.1 Å². The lowest BCUT2D eigenvalue weighted by Crippen LogP contribution is -2.63. The molecular weight excluding hydrogens is 358 g/mol. The second kappa shape index (κ2) is 8.57. The van der Waals surface area contributed by atoms with Crippen molar-refractivity contribution >= 4 is 12.0 Å². The number of hydrogen-bond donors (Lipinski definition) is 2. The van der Waals surface area contributed by atoms with Crippen LogP contribution in [0.1, 0.15) is 59.3 Å². The lowest BCUT2D eigenvalue weighted by atomic mass is 9.79. The van der Waals surface area contributed by atoms with Crippen LogP contribution in [0.5, 0.6) is 0 Å². The number of likely N-dealkylation sites (tertiary alicyclic amines) is 1. The summed E-state index contributed by atoms with van der Waals surface area (Å²) < 4.78 is 5.91. The summed E-state index contributed by atoms with van der Waals surface area (Å²) in [4.78, 5) is 28.5. The van der Waals surface area contributed by atoms with E-state index >= 15 is 0 Å². The topological polar surface area (TPSA) is 82.1 Å². The lowest BCUT2D eigenvalue weighted by molar-refractivity contribution is -0.143. The van der Waals surface area contributed by atoms with E-state index in [0.29, 0.717) is 26.1 Å². The molecular formula is C21H37N3O4. The molecule has 1 saturated carbocycles. The Morgan fingerprint density at radius 2 is 1.89 bits per heavy atom. The molecule has 2 N–H and O–H groups in total. The predicted molar refractivity (Wildman–Crippen MR) is 107 cm³/mol. The van der Waals surface area contributed by atoms with E-state index in [9.17, 15) is 14.7 Å². The average Bonchev–Trinajstić information content (AvgIpc) is 2.65. The molecule has 2 amide bonds. The van der Waals surface area contributed by atoms with Crippen LogP contribution in [0.15, 0.2) is 0 Å². The summed E-state index contributed by atoms with van der Waals surface area (Å²) in [6.45, 7) is 10.4. The first-order valence-corrected chi connectivity index (χ1v) is 10.9. The molecule has 2 atom stereocenters. The monoisotopic (exact) mass is 395 g/mol. The van der Waals surface area contributed by atoms with Gasteiger partial charge in [-0.05, 0) is 39.0 Å². The number of carbonyl (C=O) groups excluding carboxylic acids is 1. The molecule has 0 spiro atoms. The molecule has 3 fully saturated rings. The average molecular weight is 396 g/mol. The van der Waals surface area contributed by atoms with Crippen LogP contribution in [0.3, 0.4) is 0 Å². The van der Waals surface area contributed by atoms with E-state index in [0.717, 1.165) is 32.5 Å². The largest absolute Gasteiger partial charge is 0.481 e. The first kappa shape index (κ1) is 21.4. The fraction of sp³-hybridized carbons (Fsp3) is 0.905. The van der Waals surface area contributed by atoms with E-state index in [1.807, 2.05) is 6.92 Å². The highest BCUT2D eigenvalue weighted by molar-refractivity contribution is 5.76. The number of hydrogen-bond acceptors (Lipinski definition) is 4. The molecule has 0 bridgehead atoms. The number of amides is 2. The zero-order valence-electron chi connectivity index (χ0n) is 17.7. The molecule has 3 aliphatic rings. The minimum Gasteiger partial charge on any atom is -0.481 e. The number of carbonyl (C=O) groups is 2. The Morgan fingerprint density at radius 3 is 2.54 bits per heavy atom. The highest BCUT2D eigenvalue weighted by Gasteiger charge is 2.43. The van der Waals surface area contributed by atoms with Crippen molar-refractivity contribution in [2.45, 2.75) is 70.4 Å². The highest BCUT2D eigenvalue weighted by atomic mass is 16.5. The molecule has 2 heterocycles. The second-order valence-corrected chi connectivity index (χ2v) is 9.75. The molecule has 28 heavy (non-hydrogen) atoms. The Labute approximate surface area is 168 Å². The SMILES string of the molecule is CC1CC(C(=O)O)CN(C(=O)NCC2(N3CCOC(C)(C)C3)CCCCC2)C1. The second-order valence-electron chi connectivity index (χ2n) is 9.75. The van der Waals surface area contributed by atoms with Crippen molar-refractivity contribution < 1.29 is 19.4 Å². The first-order chi connectivity index (χ1) is 13.2. The van der Waals surface area contributed by atoms with Crippen LogP contribution in [-0.2, 0) is 9.53 Å². The van der Waals surface area contributed by atoms with Gasteiger partial charge < -0.3 is 20.1 Å². The van der Waals surface area contributed by atoms with Crippen molar-refractivity contribution in [3.05, 3.63) is 0 Å². The fourth-order valence-corrected chi connectivity index (χ4v) is 5.28. The third kappa shape index (κ3) is 4.98. The number of urea groups is 1. The standard InChI is InChI=1S/C21H37N3O4/c1-16-11-17(18(25)26)13-23(12-16)19(27)22-14-21(7-5-4-6-8-21)24-9-10-28-20(2,3)15-24/h16-17H,4-15H2,1-3H3,(H,22,27)(H,25,26). The number of aliphatic carboxylic acids is 1. The quantitative estimate of drug-likeness (QED) is 0.764. The molecule has 1 aliphatic carbocycles. The van der Waals surface area contributed by atoms with Crippen LogP contribution < -0.4 is 5.32 Å².